The van der Waals surface area contributed by atoms with Crippen molar-refractivity contribution in [1.29, 1.82) is 0 Å². The van der Waals surface area contributed by atoms with Crippen LogP contribution in [0.3, 0.4) is 0 Å². The fraction of sp³-hybridized carbons (Fsp3) is 0.562. The van der Waals surface area contributed by atoms with E-state index in [0.717, 1.165) is 6.54 Å². The molecule has 0 saturated heterocycles. The molecule has 0 radical (unpaired) electrons. The SMILES string of the molecule is Cc1ccc(C(C)N(CC(=O)O)CC2CC2)cc1C. The molecule has 1 aliphatic rings. The third-order valence-corrected chi connectivity index (χ3v) is 4.09. The molecule has 0 amide bonds. The molecule has 1 fully saturated rings. The Kier molecular flexibility index (Phi) is 4.25. The van der Waals surface area contributed by atoms with Gasteiger partial charge >= 0.3 is 5.97 Å². The molecular formula is C16H23NO2. The van der Waals surface area contributed by atoms with Gasteiger partial charge in [0.05, 0.1) is 6.54 Å². The second kappa shape index (κ2) is 5.74. The lowest BCUT2D eigenvalue weighted by atomic mass is 10.0. The van der Waals surface area contributed by atoms with Crippen molar-refractivity contribution in [2.75, 3.05) is 13.1 Å². The van der Waals surface area contributed by atoms with Gasteiger partial charge in [0.2, 0.25) is 0 Å². The van der Waals surface area contributed by atoms with E-state index in [0.29, 0.717) is 5.92 Å². The fourth-order valence-corrected chi connectivity index (χ4v) is 2.40. The van der Waals surface area contributed by atoms with Gasteiger partial charge in [0.15, 0.2) is 0 Å². The lowest BCUT2D eigenvalue weighted by molar-refractivity contribution is -0.139. The van der Waals surface area contributed by atoms with Crippen molar-refractivity contribution in [3.05, 3.63) is 34.9 Å². The van der Waals surface area contributed by atoms with Crippen LogP contribution in [0.2, 0.25) is 0 Å². The Labute approximate surface area is 115 Å². The molecule has 19 heavy (non-hydrogen) atoms. The van der Waals surface area contributed by atoms with E-state index >= 15 is 0 Å². The van der Waals surface area contributed by atoms with Crippen LogP contribution in [0.15, 0.2) is 18.2 Å². The largest absolute Gasteiger partial charge is 0.480 e. The maximum absolute atomic E-state index is 11.0. The first kappa shape index (κ1) is 14.1. The predicted molar refractivity (Wildman–Crippen MR) is 76.3 cm³/mol. The minimum Gasteiger partial charge on any atom is -0.480 e. The summed E-state index contributed by atoms with van der Waals surface area (Å²) < 4.78 is 0. The third kappa shape index (κ3) is 3.80. The molecule has 1 aromatic rings. The van der Waals surface area contributed by atoms with Crippen LogP contribution in [0.25, 0.3) is 0 Å². The molecule has 0 spiro atoms. The minimum absolute atomic E-state index is 0.130. The molecule has 104 valence electrons. The number of nitrogens with zero attached hydrogens (tertiary/aromatic N) is 1. The topological polar surface area (TPSA) is 40.5 Å². The van der Waals surface area contributed by atoms with Gasteiger partial charge in [-0.1, -0.05) is 18.2 Å². The van der Waals surface area contributed by atoms with E-state index < -0.39 is 5.97 Å². The molecule has 1 aliphatic carbocycles. The maximum Gasteiger partial charge on any atom is 0.317 e. The summed E-state index contributed by atoms with van der Waals surface area (Å²) >= 11 is 0. The van der Waals surface area contributed by atoms with Crippen molar-refractivity contribution in [2.45, 2.75) is 39.7 Å². The number of rotatable bonds is 6. The van der Waals surface area contributed by atoms with E-state index in [-0.39, 0.29) is 12.6 Å². The van der Waals surface area contributed by atoms with E-state index in [1.807, 2.05) is 0 Å². The number of aliphatic carboxylic acids is 1. The monoisotopic (exact) mass is 261 g/mol. The summed E-state index contributed by atoms with van der Waals surface area (Å²) in [6, 6.07) is 6.59. The molecule has 3 nitrogen and oxygen atoms in total. The molecule has 1 aromatic carbocycles. The summed E-state index contributed by atoms with van der Waals surface area (Å²) in [5.74, 6) is -0.0373. The summed E-state index contributed by atoms with van der Waals surface area (Å²) in [5, 5.41) is 9.07. The lowest BCUT2D eigenvalue weighted by Gasteiger charge is -2.28. The molecule has 2 rings (SSSR count). The highest BCUT2D eigenvalue weighted by atomic mass is 16.4. The molecule has 0 aliphatic heterocycles. The molecule has 1 N–H and O–H groups in total. The second-order valence-corrected chi connectivity index (χ2v) is 5.79. The van der Waals surface area contributed by atoms with Gasteiger partial charge in [-0.3, -0.25) is 9.69 Å². The first-order valence-corrected chi connectivity index (χ1v) is 7.00. The van der Waals surface area contributed by atoms with Crippen molar-refractivity contribution < 1.29 is 9.90 Å². The molecule has 0 bridgehead atoms. The van der Waals surface area contributed by atoms with E-state index in [9.17, 15) is 4.79 Å². The van der Waals surface area contributed by atoms with Crippen molar-refractivity contribution in [3.8, 4) is 0 Å². The highest BCUT2D eigenvalue weighted by Gasteiger charge is 2.28. The summed E-state index contributed by atoms with van der Waals surface area (Å²) in [6.45, 7) is 7.34. The van der Waals surface area contributed by atoms with E-state index in [4.69, 9.17) is 5.11 Å². The van der Waals surface area contributed by atoms with Gasteiger partial charge in [0.1, 0.15) is 0 Å². The van der Waals surface area contributed by atoms with Crippen molar-refractivity contribution in [3.63, 3.8) is 0 Å². The summed E-state index contributed by atoms with van der Waals surface area (Å²) in [6.07, 6.45) is 2.49. The van der Waals surface area contributed by atoms with E-state index in [1.165, 1.54) is 29.5 Å². The number of aryl methyl sites for hydroxylation is 2. The van der Waals surface area contributed by atoms with Gasteiger partial charge in [-0.25, -0.2) is 0 Å². The predicted octanol–water partition coefficient (Wildman–Crippen LogP) is 3.16. The highest BCUT2D eigenvalue weighted by molar-refractivity contribution is 5.69. The van der Waals surface area contributed by atoms with E-state index in [1.54, 1.807) is 0 Å². The molecule has 1 saturated carbocycles. The fourth-order valence-electron chi connectivity index (χ4n) is 2.40. The first-order valence-electron chi connectivity index (χ1n) is 7.00. The molecular weight excluding hydrogens is 238 g/mol. The summed E-state index contributed by atoms with van der Waals surface area (Å²) in [4.78, 5) is 13.1. The van der Waals surface area contributed by atoms with Crippen molar-refractivity contribution in [2.24, 2.45) is 5.92 Å². The van der Waals surface area contributed by atoms with Gasteiger partial charge in [0.25, 0.3) is 0 Å². The van der Waals surface area contributed by atoms with Gasteiger partial charge in [0, 0.05) is 12.6 Å². The van der Waals surface area contributed by atoms with E-state index in [2.05, 4.69) is 43.9 Å². The Morgan fingerprint density at radius 1 is 1.37 bits per heavy atom. The zero-order valence-corrected chi connectivity index (χ0v) is 12.0. The number of benzene rings is 1. The van der Waals surface area contributed by atoms with Gasteiger partial charge in [-0.15, -0.1) is 0 Å². The summed E-state index contributed by atoms with van der Waals surface area (Å²) in [5.41, 5.74) is 3.76. The quantitative estimate of drug-likeness (QED) is 0.855. The standard InChI is InChI=1S/C16H23NO2/c1-11-4-7-15(8-12(11)2)13(3)17(10-16(18)19)9-14-5-6-14/h4,7-8,13-14H,5-6,9-10H2,1-3H3,(H,18,19). The van der Waals surface area contributed by atoms with Gasteiger partial charge in [-0.05, 0) is 56.2 Å². The van der Waals surface area contributed by atoms with Gasteiger partial charge in [-0.2, -0.15) is 0 Å². The molecule has 1 atom stereocenters. The summed E-state index contributed by atoms with van der Waals surface area (Å²) in [7, 11) is 0. The Bertz CT molecular complexity index is 466. The Hall–Kier alpha value is -1.35. The van der Waals surface area contributed by atoms with Crippen LogP contribution < -0.4 is 0 Å². The van der Waals surface area contributed by atoms with Gasteiger partial charge < -0.3 is 5.11 Å². The first-order chi connectivity index (χ1) is 8.97. The van der Waals surface area contributed by atoms with Crippen molar-refractivity contribution >= 4 is 5.97 Å². The van der Waals surface area contributed by atoms with Crippen molar-refractivity contribution in [1.82, 2.24) is 4.90 Å². The van der Waals surface area contributed by atoms with Crippen LogP contribution in [0.5, 0.6) is 0 Å². The van der Waals surface area contributed by atoms with Crippen LogP contribution >= 0.6 is 0 Å². The smallest absolute Gasteiger partial charge is 0.317 e. The molecule has 0 aromatic heterocycles. The van der Waals surface area contributed by atoms with Crippen LogP contribution in [0.1, 0.15) is 42.5 Å². The number of carboxylic acid groups (broad SMARTS) is 1. The highest BCUT2D eigenvalue weighted by Crippen LogP contribution is 2.32. The Morgan fingerprint density at radius 2 is 2.05 bits per heavy atom. The third-order valence-electron chi connectivity index (χ3n) is 4.09. The number of hydrogen-bond acceptors (Lipinski definition) is 2. The molecule has 3 heteroatoms. The maximum atomic E-state index is 11.0. The zero-order chi connectivity index (χ0) is 14.0. The number of carboxylic acids is 1. The Morgan fingerprint density at radius 3 is 2.58 bits per heavy atom. The van der Waals surface area contributed by atoms with Crippen LogP contribution in [0.4, 0.5) is 0 Å². The number of carbonyl (C=O) groups is 1. The van der Waals surface area contributed by atoms with Crippen LogP contribution in [0, 0.1) is 19.8 Å². The number of hydrogen-bond donors (Lipinski definition) is 1. The van der Waals surface area contributed by atoms with Crippen LogP contribution in [-0.2, 0) is 4.79 Å². The Balaban J connectivity index is 2.13. The average Bonchev–Trinajstić information content (AvgIpc) is 3.14. The van der Waals surface area contributed by atoms with Crippen LogP contribution in [-0.4, -0.2) is 29.1 Å². The lowest BCUT2D eigenvalue weighted by Crippen LogP contribution is -2.34. The molecule has 0 heterocycles. The zero-order valence-electron chi connectivity index (χ0n) is 12.0. The molecule has 1 unspecified atom stereocenters. The normalized spacial score (nSPS) is 16.6. The second-order valence-electron chi connectivity index (χ2n) is 5.79. The average molecular weight is 261 g/mol. The minimum atomic E-state index is -0.740.